The molecule has 0 spiro atoms. The minimum atomic E-state index is -0.366. The first-order chi connectivity index (χ1) is 9.63. The molecule has 112 valence electrons. The van der Waals surface area contributed by atoms with Gasteiger partial charge in [0.05, 0.1) is 6.10 Å². The number of aliphatic hydroxyl groups is 1. The van der Waals surface area contributed by atoms with Crippen LogP contribution in [0.2, 0.25) is 0 Å². The van der Waals surface area contributed by atoms with Crippen LogP contribution in [0.15, 0.2) is 36.4 Å². The van der Waals surface area contributed by atoms with Crippen molar-refractivity contribution in [3.8, 4) is 0 Å². The highest BCUT2D eigenvalue weighted by molar-refractivity contribution is 5.49. The Morgan fingerprint density at radius 2 is 1.85 bits per heavy atom. The Kier molecular flexibility index (Phi) is 8.24. The second-order valence-corrected chi connectivity index (χ2v) is 5.78. The van der Waals surface area contributed by atoms with Crippen molar-refractivity contribution < 1.29 is 5.11 Å². The Morgan fingerprint density at radius 1 is 1.15 bits per heavy atom. The molecule has 1 aromatic carbocycles. The van der Waals surface area contributed by atoms with Crippen molar-refractivity contribution in [1.82, 2.24) is 4.90 Å². The Labute approximate surface area is 124 Å². The number of unbranched alkanes of at least 4 members (excludes halogenated alkanes) is 2. The van der Waals surface area contributed by atoms with E-state index < -0.39 is 0 Å². The van der Waals surface area contributed by atoms with Crippen molar-refractivity contribution in [2.75, 3.05) is 20.6 Å². The molecule has 0 aromatic heterocycles. The van der Waals surface area contributed by atoms with Gasteiger partial charge in [0, 0.05) is 12.5 Å². The fourth-order valence-corrected chi connectivity index (χ4v) is 2.43. The molecule has 1 rings (SSSR count). The van der Waals surface area contributed by atoms with Gasteiger partial charge in [-0.1, -0.05) is 68.7 Å². The topological polar surface area (TPSA) is 23.5 Å². The van der Waals surface area contributed by atoms with Crippen LogP contribution in [0.4, 0.5) is 0 Å². The summed E-state index contributed by atoms with van der Waals surface area (Å²) in [5.74, 6) is 0.316. The van der Waals surface area contributed by atoms with Gasteiger partial charge in [-0.05, 0) is 26.1 Å². The van der Waals surface area contributed by atoms with Gasteiger partial charge in [-0.25, -0.2) is 0 Å². The summed E-state index contributed by atoms with van der Waals surface area (Å²) >= 11 is 0. The van der Waals surface area contributed by atoms with Crippen LogP contribution in [0.1, 0.15) is 38.2 Å². The molecule has 0 bridgehead atoms. The highest BCUT2D eigenvalue weighted by Gasteiger charge is 2.17. The monoisotopic (exact) mass is 275 g/mol. The lowest BCUT2D eigenvalue weighted by Crippen LogP contribution is -2.30. The highest BCUT2D eigenvalue weighted by atomic mass is 16.3. The van der Waals surface area contributed by atoms with Gasteiger partial charge in [-0.15, -0.1) is 0 Å². The zero-order valence-corrected chi connectivity index (χ0v) is 13.1. The maximum atomic E-state index is 10.4. The van der Waals surface area contributed by atoms with Crippen LogP contribution in [-0.4, -0.2) is 36.8 Å². The molecule has 0 saturated heterocycles. The Bertz CT molecular complexity index is 372. The average Bonchev–Trinajstić information content (AvgIpc) is 2.44. The summed E-state index contributed by atoms with van der Waals surface area (Å²) in [6.07, 6.45) is 8.36. The lowest BCUT2D eigenvalue weighted by molar-refractivity contribution is 0.122. The van der Waals surface area contributed by atoms with E-state index in [9.17, 15) is 5.11 Å². The maximum Gasteiger partial charge on any atom is 0.0764 e. The fourth-order valence-electron chi connectivity index (χ4n) is 2.43. The molecule has 0 saturated carbocycles. The number of hydrogen-bond donors (Lipinski definition) is 1. The first kappa shape index (κ1) is 16.9. The van der Waals surface area contributed by atoms with Crippen molar-refractivity contribution in [2.45, 2.75) is 38.7 Å². The minimum absolute atomic E-state index is 0.316. The molecule has 0 aliphatic rings. The van der Waals surface area contributed by atoms with E-state index in [1.807, 2.05) is 30.4 Å². The summed E-state index contributed by atoms with van der Waals surface area (Å²) in [5.41, 5.74) is 1.14. The molecule has 2 unspecified atom stereocenters. The van der Waals surface area contributed by atoms with Crippen molar-refractivity contribution in [2.24, 2.45) is 5.92 Å². The molecular formula is C18H29NO. The first-order valence-corrected chi connectivity index (χ1v) is 7.69. The van der Waals surface area contributed by atoms with Gasteiger partial charge >= 0.3 is 0 Å². The largest absolute Gasteiger partial charge is 0.389 e. The molecule has 2 atom stereocenters. The van der Waals surface area contributed by atoms with Crippen LogP contribution >= 0.6 is 0 Å². The van der Waals surface area contributed by atoms with Crippen molar-refractivity contribution in [1.29, 1.82) is 0 Å². The van der Waals surface area contributed by atoms with Crippen LogP contribution in [-0.2, 0) is 0 Å². The smallest absolute Gasteiger partial charge is 0.0764 e. The molecule has 20 heavy (non-hydrogen) atoms. The minimum Gasteiger partial charge on any atom is -0.389 e. The molecular weight excluding hydrogens is 246 g/mol. The van der Waals surface area contributed by atoms with Gasteiger partial charge in [0.25, 0.3) is 0 Å². The quantitative estimate of drug-likeness (QED) is 0.693. The third kappa shape index (κ3) is 6.88. The standard InChI is InChI=1S/C18H29NO/c1-4-5-7-12-17(15-19(2)3)18(20)14-13-16-10-8-6-9-11-16/h6,8-11,13-14,17-18,20H,4-5,7,12,15H2,1-3H3. The summed E-state index contributed by atoms with van der Waals surface area (Å²) in [6.45, 7) is 3.15. The molecule has 0 aliphatic heterocycles. The van der Waals surface area contributed by atoms with Crippen molar-refractivity contribution in [3.63, 3.8) is 0 Å². The summed E-state index contributed by atoms with van der Waals surface area (Å²) in [4.78, 5) is 2.16. The van der Waals surface area contributed by atoms with Crippen LogP contribution in [0.5, 0.6) is 0 Å². The van der Waals surface area contributed by atoms with Crippen molar-refractivity contribution in [3.05, 3.63) is 42.0 Å². The summed E-state index contributed by atoms with van der Waals surface area (Å²) in [7, 11) is 4.14. The van der Waals surface area contributed by atoms with Gasteiger partial charge in [0.2, 0.25) is 0 Å². The molecule has 0 aliphatic carbocycles. The van der Waals surface area contributed by atoms with Crippen LogP contribution in [0.3, 0.4) is 0 Å². The van der Waals surface area contributed by atoms with Crippen molar-refractivity contribution >= 4 is 6.08 Å². The summed E-state index contributed by atoms with van der Waals surface area (Å²) in [5, 5.41) is 10.4. The number of aliphatic hydroxyl groups excluding tert-OH is 1. The third-order valence-corrected chi connectivity index (χ3v) is 3.55. The van der Waals surface area contributed by atoms with Crippen LogP contribution in [0, 0.1) is 5.92 Å². The molecule has 0 heterocycles. The van der Waals surface area contributed by atoms with E-state index >= 15 is 0 Å². The Hall–Kier alpha value is -1.12. The van der Waals surface area contributed by atoms with E-state index in [0.717, 1.165) is 18.5 Å². The zero-order valence-electron chi connectivity index (χ0n) is 13.1. The van der Waals surface area contributed by atoms with Gasteiger partial charge in [-0.2, -0.15) is 0 Å². The number of rotatable bonds is 9. The SMILES string of the molecule is CCCCCC(CN(C)C)C(O)C=Cc1ccccc1. The second kappa shape index (κ2) is 9.73. The molecule has 0 amide bonds. The number of benzene rings is 1. The normalized spacial score (nSPS) is 14.8. The molecule has 2 heteroatoms. The van der Waals surface area contributed by atoms with E-state index in [1.165, 1.54) is 19.3 Å². The Balaban J connectivity index is 2.57. The van der Waals surface area contributed by atoms with Gasteiger partial charge < -0.3 is 10.0 Å². The van der Waals surface area contributed by atoms with E-state index in [2.05, 4.69) is 38.1 Å². The number of hydrogen-bond acceptors (Lipinski definition) is 2. The average molecular weight is 275 g/mol. The van der Waals surface area contributed by atoms with E-state index in [1.54, 1.807) is 0 Å². The van der Waals surface area contributed by atoms with Gasteiger partial charge in [0.15, 0.2) is 0 Å². The van der Waals surface area contributed by atoms with E-state index in [4.69, 9.17) is 0 Å². The third-order valence-electron chi connectivity index (χ3n) is 3.55. The Morgan fingerprint density at radius 3 is 2.45 bits per heavy atom. The van der Waals surface area contributed by atoms with E-state index in [0.29, 0.717) is 5.92 Å². The van der Waals surface area contributed by atoms with Gasteiger partial charge in [0.1, 0.15) is 0 Å². The molecule has 1 N–H and O–H groups in total. The van der Waals surface area contributed by atoms with E-state index in [-0.39, 0.29) is 6.10 Å². The first-order valence-electron chi connectivity index (χ1n) is 7.69. The zero-order chi connectivity index (χ0) is 14.8. The lowest BCUT2D eigenvalue weighted by Gasteiger charge is -2.24. The van der Waals surface area contributed by atoms with Gasteiger partial charge in [-0.3, -0.25) is 0 Å². The highest BCUT2D eigenvalue weighted by Crippen LogP contribution is 2.17. The maximum absolute atomic E-state index is 10.4. The van der Waals surface area contributed by atoms with Crippen LogP contribution in [0.25, 0.3) is 6.08 Å². The molecule has 0 radical (unpaired) electrons. The second-order valence-electron chi connectivity index (χ2n) is 5.78. The summed E-state index contributed by atoms with van der Waals surface area (Å²) < 4.78 is 0. The summed E-state index contributed by atoms with van der Waals surface area (Å²) in [6, 6.07) is 10.2. The fraction of sp³-hybridized carbons (Fsp3) is 0.556. The van der Waals surface area contributed by atoms with Crippen LogP contribution < -0.4 is 0 Å². The molecule has 1 aromatic rings. The molecule has 0 fully saturated rings. The predicted octanol–water partition coefficient (Wildman–Crippen LogP) is 3.82. The molecule has 2 nitrogen and oxygen atoms in total. The lowest BCUT2D eigenvalue weighted by atomic mass is 9.94. The predicted molar refractivity (Wildman–Crippen MR) is 87.7 cm³/mol. The number of nitrogens with zero attached hydrogens (tertiary/aromatic N) is 1.